The number of nitrogens with two attached hydrogens (primary N) is 1. The largest absolute Gasteiger partial charge is 0.497 e. The Labute approximate surface area is 187 Å². The number of ether oxygens (including phenoxy) is 1. The summed E-state index contributed by atoms with van der Waals surface area (Å²) >= 11 is 0. The lowest BCUT2D eigenvalue weighted by atomic mass is 9.95. The van der Waals surface area contributed by atoms with Crippen molar-refractivity contribution in [2.24, 2.45) is 11.8 Å². The van der Waals surface area contributed by atoms with Gasteiger partial charge < -0.3 is 20.3 Å². The lowest BCUT2D eigenvalue weighted by Gasteiger charge is -2.32. The molecule has 2 aromatic rings. The number of benzene rings is 1. The van der Waals surface area contributed by atoms with Gasteiger partial charge in [0.05, 0.1) is 24.6 Å². The molecule has 2 aliphatic rings. The molecule has 1 aromatic heterocycles. The van der Waals surface area contributed by atoms with E-state index in [1.165, 1.54) is 10.9 Å². The summed E-state index contributed by atoms with van der Waals surface area (Å²) in [5, 5.41) is 4.30. The molecule has 32 heavy (non-hydrogen) atoms. The number of nitrogens with zero attached hydrogens (tertiary/aromatic N) is 4. The summed E-state index contributed by atoms with van der Waals surface area (Å²) in [5.41, 5.74) is 7.38. The molecule has 1 aromatic carbocycles. The number of hydrogen-bond acceptors (Lipinski definition) is 6. The van der Waals surface area contributed by atoms with Gasteiger partial charge in [-0.3, -0.25) is 14.4 Å². The second-order valence-corrected chi connectivity index (χ2v) is 8.47. The van der Waals surface area contributed by atoms with E-state index in [0.29, 0.717) is 56.8 Å². The van der Waals surface area contributed by atoms with Crippen molar-refractivity contribution in [2.75, 3.05) is 39.0 Å². The highest BCUT2D eigenvalue weighted by atomic mass is 16.5. The lowest BCUT2D eigenvalue weighted by molar-refractivity contribution is -0.139. The summed E-state index contributed by atoms with van der Waals surface area (Å²) < 4.78 is 6.71. The summed E-state index contributed by atoms with van der Waals surface area (Å²) in [5.74, 6) is 0.708. The molecule has 9 heteroatoms. The number of carbonyl (C=O) groups is 3. The van der Waals surface area contributed by atoms with Gasteiger partial charge >= 0.3 is 0 Å². The first-order valence-corrected chi connectivity index (χ1v) is 11.0. The number of aromatic nitrogens is 2. The minimum atomic E-state index is -0.285. The van der Waals surface area contributed by atoms with Crippen molar-refractivity contribution in [1.29, 1.82) is 0 Å². The van der Waals surface area contributed by atoms with Crippen LogP contribution in [-0.4, -0.2) is 70.5 Å². The number of piperidine rings is 1. The number of nitrogen functional groups attached to an aromatic ring is 1. The molecule has 2 amide bonds. The number of anilines is 1. The molecule has 0 spiro atoms. The molecule has 2 aliphatic heterocycles. The Morgan fingerprint density at radius 1 is 1.00 bits per heavy atom. The average Bonchev–Trinajstić information content (AvgIpc) is 3.45. The van der Waals surface area contributed by atoms with Crippen LogP contribution in [0.2, 0.25) is 0 Å². The molecule has 170 valence electrons. The molecule has 3 heterocycles. The van der Waals surface area contributed by atoms with Gasteiger partial charge in [-0.25, -0.2) is 4.68 Å². The van der Waals surface area contributed by atoms with Crippen molar-refractivity contribution in [3.05, 3.63) is 36.0 Å². The van der Waals surface area contributed by atoms with E-state index in [0.717, 1.165) is 11.4 Å². The maximum atomic E-state index is 13.1. The van der Waals surface area contributed by atoms with Crippen molar-refractivity contribution >= 4 is 23.4 Å². The summed E-state index contributed by atoms with van der Waals surface area (Å²) in [6, 6.07) is 7.26. The number of likely N-dealkylation sites (tertiary alicyclic amines) is 2. The number of rotatable bonds is 5. The normalized spacial score (nSPS) is 19.2. The first-order valence-electron chi connectivity index (χ1n) is 11.0. The van der Waals surface area contributed by atoms with Gasteiger partial charge in [0.15, 0.2) is 5.78 Å². The van der Waals surface area contributed by atoms with Crippen molar-refractivity contribution in [2.45, 2.75) is 26.2 Å². The zero-order valence-corrected chi connectivity index (χ0v) is 18.5. The van der Waals surface area contributed by atoms with Crippen molar-refractivity contribution < 1.29 is 19.1 Å². The van der Waals surface area contributed by atoms with Crippen LogP contribution in [0.4, 0.5) is 5.82 Å². The number of carbonyl (C=O) groups excluding carboxylic acids is 3. The standard InChI is InChI=1S/C23H29N5O4/c1-15(29)26-10-7-16(8-11-26)23(31)27-12-9-17(14-27)21(30)20-13-25-28(22(20)24)18-3-5-19(32-2)6-4-18/h3-6,13,16-17H,7-12,14,24H2,1-2H3/t17-/m1/s1. The fraction of sp³-hybridized carbons (Fsp3) is 0.478. The third-order valence-corrected chi connectivity index (χ3v) is 6.55. The number of amides is 2. The molecule has 2 fully saturated rings. The van der Waals surface area contributed by atoms with E-state index in [1.807, 2.05) is 12.1 Å². The second kappa shape index (κ2) is 9.02. The highest BCUT2D eigenvalue weighted by molar-refractivity contribution is 6.02. The molecule has 0 unspecified atom stereocenters. The number of Topliss-reactive ketones (excluding diaryl/α,β-unsaturated/α-hetero) is 1. The number of ketones is 1. The highest BCUT2D eigenvalue weighted by Crippen LogP contribution is 2.28. The van der Waals surface area contributed by atoms with Gasteiger partial charge in [0, 0.05) is 44.9 Å². The molecule has 2 N–H and O–H groups in total. The summed E-state index contributed by atoms with van der Waals surface area (Å²) in [4.78, 5) is 41.2. The Morgan fingerprint density at radius 3 is 2.25 bits per heavy atom. The third kappa shape index (κ3) is 4.19. The molecule has 4 rings (SSSR count). The Kier molecular flexibility index (Phi) is 6.16. The predicted molar refractivity (Wildman–Crippen MR) is 119 cm³/mol. The van der Waals surface area contributed by atoms with Crippen LogP contribution in [-0.2, 0) is 9.59 Å². The van der Waals surface area contributed by atoms with Gasteiger partial charge in [-0.1, -0.05) is 0 Å². The first-order chi connectivity index (χ1) is 15.4. The molecule has 0 aliphatic carbocycles. The van der Waals surface area contributed by atoms with E-state index >= 15 is 0 Å². The summed E-state index contributed by atoms with van der Waals surface area (Å²) in [7, 11) is 1.60. The smallest absolute Gasteiger partial charge is 0.225 e. The van der Waals surface area contributed by atoms with E-state index < -0.39 is 0 Å². The SMILES string of the molecule is COc1ccc(-n2ncc(C(=O)[C@@H]3CCN(C(=O)C4CCN(C(C)=O)CC4)C3)c2N)cc1. The molecule has 0 saturated carbocycles. The summed E-state index contributed by atoms with van der Waals surface area (Å²) in [6.45, 7) is 3.75. The van der Waals surface area contributed by atoms with Crippen LogP contribution in [0.25, 0.3) is 5.69 Å². The maximum Gasteiger partial charge on any atom is 0.225 e. The van der Waals surface area contributed by atoms with Crippen molar-refractivity contribution in [3.8, 4) is 11.4 Å². The topological polar surface area (TPSA) is 111 Å². The van der Waals surface area contributed by atoms with Gasteiger partial charge in [-0.2, -0.15) is 5.10 Å². The van der Waals surface area contributed by atoms with E-state index in [2.05, 4.69) is 5.10 Å². The lowest BCUT2D eigenvalue weighted by Crippen LogP contribution is -2.43. The zero-order chi connectivity index (χ0) is 22.8. The van der Waals surface area contributed by atoms with Crippen LogP contribution in [0, 0.1) is 11.8 Å². The van der Waals surface area contributed by atoms with Crippen LogP contribution in [0.3, 0.4) is 0 Å². The minimum absolute atomic E-state index is 0.0514. The Bertz CT molecular complexity index is 1010. The van der Waals surface area contributed by atoms with E-state index in [4.69, 9.17) is 10.5 Å². The predicted octanol–water partition coefficient (Wildman–Crippen LogP) is 1.75. The molecule has 0 bridgehead atoms. The monoisotopic (exact) mass is 439 g/mol. The Morgan fingerprint density at radius 2 is 1.62 bits per heavy atom. The van der Waals surface area contributed by atoms with Crippen LogP contribution in [0.5, 0.6) is 5.75 Å². The fourth-order valence-corrected chi connectivity index (χ4v) is 4.57. The molecular formula is C23H29N5O4. The molecule has 9 nitrogen and oxygen atoms in total. The van der Waals surface area contributed by atoms with E-state index in [1.54, 1.807) is 36.0 Å². The van der Waals surface area contributed by atoms with Crippen molar-refractivity contribution in [3.63, 3.8) is 0 Å². The minimum Gasteiger partial charge on any atom is -0.497 e. The average molecular weight is 440 g/mol. The second-order valence-electron chi connectivity index (χ2n) is 8.47. The van der Waals surface area contributed by atoms with Crippen LogP contribution in [0.15, 0.2) is 30.5 Å². The van der Waals surface area contributed by atoms with Crippen molar-refractivity contribution in [1.82, 2.24) is 19.6 Å². The third-order valence-electron chi connectivity index (χ3n) is 6.55. The maximum absolute atomic E-state index is 13.1. The first kappa shape index (κ1) is 21.9. The zero-order valence-electron chi connectivity index (χ0n) is 18.5. The Hall–Kier alpha value is -3.36. The van der Waals surface area contributed by atoms with Crippen LogP contribution in [0.1, 0.15) is 36.5 Å². The molecule has 2 saturated heterocycles. The van der Waals surface area contributed by atoms with Crippen LogP contribution >= 0.6 is 0 Å². The van der Waals surface area contributed by atoms with E-state index in [9.17, 15) is 14.4 Å². The highest BCUT2D eigenvalue weighted by Gasteiger charge is 2.36. The Balaban J connectivity index is 1.39. The number of hydrogen-bond donors (Lipinski definition) is 1. The van der Waals surface area contributed by atoms with Gasteiger partial charge in [-0.05, 0) is 43.5 Å². The van der Waals surface area contributed by atoms with Crippen LogP contribution < -0.4 is 10.5 Å². The molecule has 0 radical (unpaired) electrons. The van der Waals surface area contributed by atoms with Gasteiger partial charge in [0.1, 0.15) is 11.6 Å². The molecule has 1 atom stereocenters. The number of methoxy groups -OCH3 is 1. The van der Waals surface area contributed by atoms with E-state index in [-0.39, 0.29) is 29.4 Å². The van der Waals surface area contributed by atoms with Gasteiger partial charge in [-0.15, -0.1) is 0 Å². The quantitative estimate of drug-likeness (QED) is 0.711. The molecular weight excluding hydrogens is 410 g/mol. The summed E-state index contributed by atoms with van der Waals surface area (Å²) in [6.07, 6.45) is 3.47. The fourth-order valence-electron chi connectivity index (χ4n) is 4.57. The van der Waals surface area contributed by atoms with Gasteiger partial charge in [0.2, 0.25) is 11.8 Å². The van der Waals surface area contributed by atoms with Gasteiger partial charge in [0.25, 0.3) is 0 Å².